The van der Waals surface area contributed by atoms with Crippen molar-refractivity contribution in [2.45, 2.75) is 32.4 Å². The fraction of sp³-hybridized carbons (Fsp3) is 0.556. The number of fused-ring (bicyclic) bond motifs is 1. The molecule has 0 unspecified atom stereocenters. The highest BCUT2D eigenvalue weighted by atomic mass is 16.5. The topological polar surface area (TPSA) is 82.7 Å². The fourth-order valence-corrected chi connectivity index (χ4v) is 3.28. The van der Waals surface area contributed by atoms with Crippen LogP contribution in [0.15, 0.2) is 18.2 Å². The molecular formula is C18H26N4O3. The number of morpholine rings is 1. The van der Waals surface area contributed by atoms with Gasteiger partial charge in [-0.15, -0.1) is 0 Å². The van der Waals surface area contributed by atoms with Gasteiger partial charge in [0, 0.05) is 31.4 Å². The summed E-state index contributed by atoms with van der Waals surface area (Å²) in [5.41, 5.74) is 2.84. The van der Waals surface area contributed by atoms with Crippen molar-refractivity contribution in [3.8, 4) is 0 Å². The maximum Gasteiger partial charge on any atom is 0.315 e. The number of carbonyl (C=O) groups excluding carboxylic acids is 2. The molecule has 0 aliphatic carbocycles. The third-order valence-corrected chi connectivity index (χ3v) is 4.62. The normalized spacial score (nSPS) is 19.7. The number of amides is 3. The molecule has 7 heteroatoms. The van der Waals surface area contributed by atoms with E-state index in [1.165, 1.54) is 0 Å². The molecule has 7 nitrogen and oxygen atoms in total. The number of nitrogens with zero attached hydrogens (tertiary/aromatic N) is 1. The molecule has 1 aromatic carbocycles. The van der Waals surface area contributed by atoms with Gasteiger partial charge < -0.3 is 20.7 Å². The van der Waals surface area contributed by atoms with E-state index in [0.29, 0.717) is 6.42 Å². The van der Waals surface area contributed by atoms with Crippen LogP contribution in [0, 0.1) is 0 Å². The van der Waals surface area contributed by atoms with Crippen molar-refractivity contribution in [1.82, 2.24) is 15.5 Å². The van der Waals surface area contributed by atoms with Crippen LogP contribution in [0.2, 0.25) is 0 Å². The van der Waals surface area contributed by atoms with E-state index in [9.17, 15) is 9.59 Å². The van der Waals surface area contributed by atoms with Gasteiger partial charge in [0.2, 0.25) is 5.91 Å². The summed E-state index contributed by atoms with van der Waals surface area (Å²) >= 11 is 0. The number of hydrogen-bond acceptors (Lipinski definition) is 4. The summed E-state index contributed by atoms with van der Waals surface area (Å²) in [6.07, 6.45) is 0.401. The van der Waals surface area contributed by atoms with E-state index >= 15 is 0 Å². The molecule has 0 bridgehead atoms. The van der Waals surface area contributed by atoms with Gasteiger partial charge >= 0.3 is 6.03 Å². The standard InChI is InChI=1S/C18H26N4O3/c1-12(11-22-5-7-25-8-6-22)19-18(24)20-13(2)14-3-4-16-15(9-14)10-17(23)21-16/h3-4,9,12-13H,5-8,10-11H2,1-2H3,(H,21,23)(H2,19,20,24)/t12-,13-/m1/s1. The second kappa shape index (κ2) is 7.84. The summed E-state index contributed by atoms with van der Waals surface area (Å²) in [6.45, 7) is 8.09. The Labute approximate surface area is 148 Å². The number of anilines is 1. The molecule has 0 saturated carbocycles. The number of ether oxygens (including phenoxy) is 1. The molecule has 2 atom stereocenters. The number of benzene rings is 1. The second-order valence-corrected chi connectivity index (χ2v) is 6.80. The van der Waals surface area contributed by atoms with E-state index in [1.54, 1.807) is 0 Å². The van der Waals surface area contributed by atoms with Crippen LogP contribution in [0.1, 0.15) is 31.0 Å². The molecule has 136 valence electrons. The minimum absolute atomic E-state index is 0.0162. The summed E-state index contributed by atoms with van der Waals surface area (Å²) in [4.78, 5) is 26.0. The van der Waals surface area contributed by atoms with Crippen LogP contribution in [-0.4, -0.2) is 55.7 Å². The smallest absolute Gasteiger partial charge is 0.315 e. The van der Waals surface area contributed by atoms with Crippen molar-refractivity contribution in [2.75, 3.05) is 38.2 Å². The van der Waals surface area contributed by atoms with Crippen molar-refractivity contribution in [1.29, 1.82) is 0 Å². The van der Waals surface area contributed by atoms with Gasteiger partial charge in [-0.3, -0.25) is 9.69 Å². The third-order valence-electron chi connectivity index (χ3n) is 4.62. The molecule has 0 aromatic heterocycles. The lowest BCUT2D eigenvalue weighted by molar-refractivity contribution is -0.115. The predicted octanol–water partition coefficient (Wildman–Crippen LogP) is 1.26. The van der Waals surface area contributed by atoms with E-state index in [2.05, 4.69) is 20.9 Å². The van der Waals surface area contributed by atoms with Gasteiger partial charge in [-0.05, 0) is 31.0 Å². The quantitative estimate of drug-likeness (QED) is 0.750. The summed E-state index contributed by atoms with van der Waals surface area (Å²) in [5.74, 6) is 0.0162. The fourth-order valence-electron chi connectivity index (χ4n) is 3.28. The Balaban J connectivity index is 1.48. The van der Waals surface area contributed by atoms with Gasteiger partial charge in [0.1, 0.15) is 0 Å². The van der Waals surface area contributed by atoms with Crippen LogP contribution in [0.5, 0.6) is 0 Å². The zero-order valence-electron chi connectivity index (χ0n) is 14.8. The molecule has 3 N–H and O–H groups in total. The first-order valence-corrected chi connectivity index (χ1v) is 8.81. The predicted molar refractivity (Wildman–Crippen MR) is 95.6 cm³/mol. The Morgan fingerprint density at radius 3 is 2.80 bits per heavy atom. The first-order chi connectivity index (χ1) is 12.0. The highest BCUT2D eigenvalue weighted by Gasteiger charge is 2.20. The second-order valence-electron chi connectivity index (χ2n) is 6.80. The zero-order chi connectivity index (χ0) is 17.8. The zero-order valence-corrected chi connectivity index (χ0v) is 14.8. The molecule has 0 spiro atoms. The van der Waals surface area contributed by atoms with Gasteiger partial charge in [0.25, 0.3) is 0 Å². The monoisotopic (exact) mass is 346 g/mol. The van der Waals surface area contributed by atoms with E-state index < -0.39 is 0 Å². The van der Waals surface area contributed by atoms with Crippen molar-refractivity contribution in [3.05, 3.63) is 29.3 Å². The van der Waals surface area contributed by atoms with Crippen LogP contribution in [0.4, 0.5) is 10.5 Å². The average Bonchev–Trinajstić information content (AvgIpc) is 2.94. The lowest BCUT2D eigenvalue weighted by atomic mass is 10.0. The SMILES string of the molecule is C[C@H](CN1CCOCC1)NC(=O)N[C@H](C)c1ccc2c(c1)CC(=O)N2. The lowest BCUT2D eigenvalue weighted by Crippen LogP contribution is -2.48. The minimum Gasteiger partial charge on any atom is -0.379 e. The summed E-state index contributed by atoms with van der Waals surface area (Å²) < 4.78 is 5.34. The van der Waals surface area contributed by atoms with Crippen molar-refractivity contribution >= 4 is 17.6 Å². The average molecular weight is 346 g/mol. The highest BCUT2D eigenvalue weighted by Crippen LogP contribution is 2.26. The van der Waals surface area contributed by atoms with Gasteiger partial charge in [-0.25, -0.2) is 4.79 Å². The van der Waals surface area contributed by atoms with Crippen LogP contribution < -0.4 is 16.0 Å². The maximum atomic E-state index is 12.2. The maximum absolute atomic E-state index is 12.2. The molecule has 3 rings (SSSR count). The van der Waals surface area contributed by atoms with Gasteiger partial charge in [0.05, 0.1) is 25.7 Å². The molecule has 1 fully saturated rings. The molecule has 25 heavy (non-hydrogen) atoms. The number of nitrogens with one attached hydrogen (secondary N) is 3. The lowest BCUT2D eigenvalue weighted by Gasteiger charge is -2.29. The van der Waals surface area contributed by atoms with Crippen LogP contribution in [0.3, 0.4) is 0 Å². The van der Waals surface area contributed by atoms with Gasteiger partial charge in [-0.1, -0.05) is 12.1 Å². The van der Waals surface area contributed by atoms with E-state index in [-0.39, 0.29) is 24.0 Å². The summed E-state index contributed by atoms with van der Waals surface area (Å²) in [5, 5.41) is 8.77. The first-order valence-electron chi connectivity index (χ1n) is 8.81. The summed E-state index contributed by atoms with van der Waals surface area (Å²) in [6, 6.07) is 5.57. The van der Waals surface area contributed by atoms with Crippen molar-refractivity contribution in [3.63, 3.8) is 0 Å². The molecule has 2 aliphatic rings. The van der Waals surface area contributed by atoms with Crippen LogP contribution in [-0.2, 0) is 16.0 Å². The van der Waals surface area contributed by atoms with E-state index in [1.807, 2.05) is 32.0 Å². The Kier molecular flexibility index (Phi) is 5.55. The van der Waals surface area contributed by atoms with Crippen LogP contribution in [0.25, 0.3) is 0 Å². The van der Waals surface area contributed by atoms with E-state index in [4.69, 9.17) is 4.74 Å². The summed E-state index contributed by atoms with van der Waals surface area (Å²) in [7, 11) is 0. The molecule has 2 aliphatic heterocycles. The molecule has 1 saturated heterocycles. The van der Waals surface area contributed by atoms with Gasteiger partial charge in [0.15, 0.2) is 0 Å². The molecule has 3 amide bonds. The minimum atomic E-state index is -0.178. The number of hydrogen-bond donors (Lipinski definition) is 3. The van der Waals surface area contributed by atoms with Crippen molar-refractivity contribution < 1.29 is 14.3 Å². The third kappa shape index (κ3) is 4.70. The Hall–Kier alpha value is -2.12. The Bertz CT molecular complexity index is 643. The molecule has 0 radical (unpaired) electrons. The number of urea groups is 1. The molecule has 1 aromatic rings. The first kappa shape index (κ1) is 17.7. The number of carbonyl (C=O) groups is 2. The Morgan fingerprint density at radius 2 is 2.04 bits per heavy atom. The largest absolute Gasteiger partial charge is 0.379 e. The van der Waals surface area contributed by atoms with Crippen LogP contribution >= 0.6 is 0 Å². The highest BCUT2D eigenvalue weighted by molar-refractivity contribution is 5.99. The number of rotatable bonds is 5. The van der Waals surface area contributed by atoms with E-state index in [0.717, 1.165) is 49.7 Å². The van der Waals surface area contributed by atoms with Crippen molar-refractivity contribution in [2.24, 2.45) is 0 Å². The molecule has 2 heterocycles. The van der Waals surface area contributed by atoms with Gasteiger partial charge in [-0.2, -0.15) is 0 Å². The Morgan fingerprint density at radius 1 is 1.28 bits per heavy atom. The molecular weight excluding hydrogens is 320 g/mol.